The van der Waals surface area contributed by atoms with Crippen LogP contribution in [0.3, 0.4) is 0 Å². The SMILES string of the molecule is Clc1ccc(Oc2cc(Cl)nnc2Cl)c(Br)c1. The maximum absolute atomic E-state index is 5.83. The van der Waals surface area contributed by atoms with Crippen LogP contribution < -0.4 is 4.74 Å². The van der Waals surface area contributed by atoms with Gasteiger partial charge in [0.2, 0.25) is 0 Å². The van der Waals surface area contributed by atoms with Gasteiger partial charge in [-0.1, -0.05) is 34.8 Å². The van der Waals surface area contributed by atoms with Crippen molar-refractivity contribution in [3.8, 4) is 11.5 Å². The van der Waals surface area contributed by atoms with Crippen molar-refractivity contribution in [3.63, 3.8) is 0 Å². The molecule has 7 heteroatoms. The lowest BCUT2D eigenvalue weighted by Gasteiger charge is -2.08. The first-order valence-corrected chi connectivity index (χ1v) is 6.30. The number of halogens is 4. The summed E-state index contributed by atoms with van der Waals surface area (Å²) in [5.41, 5.74) is 0. The zero-order valence-corrected chi connectivity index (χ0v) is 12.0. The van der Waals surface area contributed by atoms with Crippen molar-refractivity contribution in [2.24, 2.45) is 0 Å². The topological polar surface area (TPSA) is 35.0 Å². The Balaban J connectivity index is 2.34. The van der Waals surface area contributed by atoms with E-state index in [1.807, 2.05) is 0 Å². The van der Waals surface area contributed by atoms with Gasteiger partial charge in [-0.25, -0.2) is 0 Å². The molecule has 0 aliphatic heterocycles. The van der Waals surface area contributed by atoms with Crippen LogP contribution in [0, 0.1) is 0 Å². The maximum Gasteiger partial charge on any atom is 0.194 e. The highest BCUT2D eigenvalue weighted by Crippen LogP contribution is 2.34. The number of hydrogen-bond acceptors (Lipinski definition) is 3. The van der Waals surface area contributed by atoms with Gasteiger partial charge < -0.3 is 4.74 Å². The van der Waals surface area contributed by atoms with Gasteiger partial charge in [-0.3, -0.25) is 0 Å². The smallest absolute Gasteiger partial charge is 0.194 e. The van der Waals surface area contributed by atoms with Crippen molar-refractivity contribution in [2.45, 2.75) is 0 Å². The first-order chi connectivity index (χ1) is 8.06. The van der Waals surface area contributed by atoms with Crippen LogP contribution >= 0.6 is 50.7 Å². The molecule has 0 atom stereocenters. The molecule has 0 radical (unpaired) electrons. The van der Waals surface area contributed by atoms with E-state index in [0.29, 0.717) is 21.0 Å². The largest absolute Gasteiger partial charge is 0.453 e. The summed E-state index contributed by atoms with van der Waals surface area (Å²) in [6.07, 6.45) is 0. The quantitative estimate of drug-likeness (QED) is 0.762. The first kappa shape index (κ1) is 12.9. The van der Waals surface area contributed by atoms with Crippen LogP contribution in [0.5, 0.6) is 11.5 Å². The highest BCUT2D eigenvalue weighted by molar-refractivity contribution is 9.10. The number of rotatable bonds is 2. The molecule has 0 aliphatic carbocycles. The fourth-order valence-corrected chi connectivity index (χ4v) is 2.12. The molecule has 1 aromatic heterocycles. The molecule has 0 unspecified atom stereocenters. The lowest BCUT2D eigenvalue weighted by atomic mass is 10.3. The summed E-state index contributed by atoms with van der Waals surface area (Å²) in [6.45, 7) is 0. The molecule has 0 aliphatic rings. The van der Waals surface area contributed by atoms with Crippen molar-refractivity contribution in [1.82, 2.24) is 10.2 Å². The minimum atomic E-state index is 0.135. The Morgan fingerprint density at radius 1 is 1.00 bits per heavy atom. The molecule has 0 saturated carbocycles. The molecular weight excluding hydrogens is 350 g/mol. The Morgan fingerprint density at radius 3 is 2.47 bits per heavy atom. The zero-order valence-electron chi connectivity index (χ0n) is 8.12. The molecule has 0 amide bonds. The van der Waals surface area contributed by atoms with E-state index in [0.717, 1.165) is 0 Å². The van der Waals surface area contributed by atoms with Crippen LogP contribution in [0.2, 0.25) is 15.3 Å². The predicted octanol–water partition coefficient (Wildman–Crippen LogP) is 4.99. The summed E-state index contributed by atoms with van der Waals surface area (Å²) in [4.78, 5) is 0. The zero-order chi connectivity index (χ0) is 12.4. The molecule has 0 bridgehead atoms. The van der Waals surface area contributed by atoms with Crippen molar-refractivity contribution in [3.05, 3.63) is 44.1 Å². The minimum Gasteiger partial charge on any atom is -0.453 e. The standard InChI is InChI=1S/C10H4BrCl3N2O/c11-6-3-5(12)1-2-7(6)17-8-4-9(13)15-16-10(8)14/h1-4H. The average molecular weight is 354 g/mol. The Morgan fingerprint density at radius 2 is 1.76 bits per heavy atom. The summed E-state index contributed by atoms with van der Waals surface area (Å²) in [5.74, 6) is 0.884. The number of hydrogen-bond donors (Lipinski definition) is 0. The third-order valence-corrected chi connectivity index (χ3v) is 3.10. The Labute approximate surface area is 121 Å². The predicted molar refractivity (Wildman–Crippen MR) is 71.3 cm³/mol. The van der Waals surface area contributed by atoms with Gasteiger partial charge in [-0.2, -0.15) is 0 Å². The summed E-state index contributed by atoms with van der Waals surface area (Å²) in [5, 5.41) is 8.16. The van der Waals surface area contributed by atoms with Gasteiger partial charge in [-0.15, -0.1) is 10.2 Å². The Kier molecular flexibility index (Phi) is 4.09. The Hall–Kier alpha value is -0.550. The van der Waals surface area contributed by atoms with E-state index >= 15 is 0 Å². The maximum atomic E-state index is 5.83. The number of ether oxygens (including phenoxy) is 1. The van der Waals surface area contributed by atoms with Crippen molar-refractivity contribution in [1.29, 1.82) is 0 Å². The second-order valence-corrected chi connectivity index (χ2v) is 5.03. The summed E-state index contributed by atoms with van der Waals surface area (Å²) in [7, 11) is 0. The second-order valence-electron chi connectivity index (χ2n) is 3.00. The summed E-state index contributed by atoms with van der Waals surface area (Å²) < 4.78 is 6.25. The molecule has 3 nitrogen and oxygen atoms in total. The lowest BCUT2D eigenvalue weighted by Crippen LogP contribution is -1.91. The third kappa shape index (κ3) is 3.22. The monoisotopic (exact) mass is 352 g/mol. The van der Waals surface area contributed by atoms with Crippen LogP contribution in [-0.4, -0.2) is 10.2 Å². The number of nitrogens with zero attached hydrogens (tertiary/aromatic N) is 2. The van der Waals surface area contributed by atoms with Gasteiger partial charge in [0.05, 0.1) is 4.47 Å². The van der Waals surface area contributed by atoms with Crippen LogP contribution in [0.15, 0.2) is 28.7 Å². The van der Waals surface area contributed by atoms with Crippen molar-refractivity contribution in [2.75, 3.05) is 0 Å². The van der Waals surface area contributed by atoms with E-state index in [-0.39, 0.29) is 10.3 Å². The second kappa shape index (κ2) is 5.40. The number of aromatic nitrogens is 2. The van der Waals surface area contributed by atoms with E-state index in [2.05, 4.69) is 26.1 Å². The first-order valence-electron chi connectivity index (χ1n) is 4.38. The fraction of sp³-hybridized carbons (Fsp3) is 0. The molecule has 0 fully saturated rings. The fourth-order valence-electron chi connectivity index (χ4n) is 1.09. The molecular formula is C10H4BrCl3N2O. The molecule has 0 N–H and O–H groups in total. The highest BCUT2D eigenvalue weighted by Gasteiger charge is 2.09. The third-order valence-electron chi connectivity index (χ3n) is 1.80. The minimum absolute atomic E-state index is 0.135. The van der Waals surface area contributed by atoms with E-state index < -0.39 is 0 Å². The van der Waals surface area contributed by atoms with Gasteiger partial charge in [0.1, 0.15) is 5.75 Å². The Bertz CT molecular complexity index is 565. The molecule has 1 heterocycles. The molecule has 88 valence electrons. The summed E-state index contributed by atoms with van der Waals surface area (Å²) >= 11 is 20.7. The molecule has 17 heavy (non-hydrogen) atoms. The lowest BCUT2D eigenvalue weighted by molar-refractivity contribution is 0.476. The average Bonchev–Trinajstić information content (AvgIpc) is 2.27. The molecule has 1 aromatic carbocycles. The normalized spacial score (nSPS) is 10.4. The van der Waals surface area contributed by atoms with Crippen LogP contribution in [0.25, 0.3) is 0 Å². The number of benzene rings is 1. The van der Waals surface area contributed by atoms with E-state index in [1.165, 1.54) is 6.07 Å². The highest BCUT2D eigenvalue weighted by atomic mass is 79.9. The van der Waals surface area contributed by atoms with Gasteiger partial charge in [0.25, 0.3) is 0 Å². The van der Waals surface area contributed by atoms with Gasteiger partial charge >= 0.3 is 0 Å². The molecule has 0 saturated heterocycles. The molecule has 0 spiro atoms. The molecule has 2 aromatic rings. The van der Waals surface area contributed by atoms with E-state index in [4.69, 9.17) is 39.5 Å². The van der Waals surface area contributed by atoms with Gasteiger partial charge in [0.15, 0.2) is 16.1 Å². The summed E-state index contributed by atoms with van der Waals surface area (Å²) in [6, 6.07) is 6.60. The van der Waals surface area contributed by atoms with Crippen molar-refractivity contribution < 1.29 is 4.74 Å². The van der Waals surface area contributed by atoms with Gasteiger partial charge in [0, 0.05) is 11.1 Å². The van der Waals surface area contributed by atoms with E-state index in [9.17, 15) is 0 Å². The van der Waals surface area contributed by atoms with Gasteiger partial charge in [-0.05, 0) is 34.1 Å². The van der Waals surface area contributed by atoms with Crippen LogP contribution in [0.1, 0.15) is 0 Å². The van der Waals surface area contributed by atoms with Crippen molar-refractivity contribution >= 4 is 50.7 Å². The molecule has 2 rings (SSSR count). The van der Waals surface area contributed by atoms with E-state index in [1.54, 1.807) is 18.2 Å². The van der Waals surface area contributed by atoms with Crippen LogP contribution in [0.4, 0.5) is 0 Å². The van der Waals surface area contributed by atoms with Crippen LogP contribution in [-0.2, 0) is 0 Å².